The number of para-hydroxylation sites is 1. The Labute approximate surface area is 208 Å². The van der Waals surface area contributed by atoms with E-state index in [-0.39, 0.29) is 17.8 Å². The summed E-state index contributed by atoms with van der Waals surface area (Å²) >= 11 is 0. The third-order valence-electron chi connectivity index (χ3n) is 7.50. The van der Waals surface area contributed by atoms with Gasteiger partial charge in [-0.1, -0.05) is 30.3 Å². The number of hydrogen-bond donors (Lipinski definition) is 2. The SMILES string of the molecule is Cc1ccc(C)c(NC(=O)c2ccc(N3C(=O)N4CCc5c([nH]c6ccccc56)C4(C)C3=O)cc2)c1. The summed E-state index contributed by atoms with van der Waals surface area (Å²) in [7, 11) is 0. The van der Waals surface area contributed by atoms with Gasteiger partial charge in [0, 0.05) is 28.7 Å². The Morgan fingerprint density at radius 2 is 1.75 bits per heavy atom. The number of rotatable bonds is 3. The lowest BCUT2D eigenvalue weighted by Crippen LogP contribution is -2.49. The van der Waals surface area contributed by atoms with Crippen molar-refractivity contribution < 1.29 is 14.4 Å². The molecule has 1 unspecified atom stereocenters. The first-order valence-electron chi connectivity index (χ1n) is 12.0. The number of hydrogen-bond acceptors (Lipinski definition) is 3. The molecule has 2 aliphatic heterocycles. The zero-order valence-electron chi connectivity index (χ0n) is 20.4. The number of carbonyl (C=O) groups excluding carboxylic acids is 3. The van der Waals surface area contributed by atoms with E-state index in [0.717, 1.165) is 39.0 Å². The van der Waals surface area contributed by atoms with Crippen molar-refractivity contribution in [1.82, 2.24) is 9.88 Å². The maximum atomic E-state index is 13.8. The molecule has 0 spiro atoms. The van der Waals surface area contributed by atoms with Crippen LogP contribution in [0.25, 0.3) is 10.9 Å². The van der Waals surface area contributed by atoms with Crippen LogP contribution in [0.5, 0.6) is 0 Å². The minimum atomic E-state index is -1.11. The van der Waals surface area contributed by atoms with Crippen LogP contribution in [-0.4, -0.2) is 34.3 Å². The van der Waals surface area contributed by atoms with Crippen molar-refractivity contribution in [2.75, 3.05) is 16.8 Å². The van der Waals surface area contributed by atoms with Crippen molar-refractivity contribution in [2.45, 2.75) is 32.7 Å². The second-order valence-corrected chi connectivity index (χ2v) is 9.74. The Hall–Kier alpha value is -4.39. The van der Waals surface area contributed by atoms with Crippen molar-refractivity contribution >= 4 is 40.1 Å². The summed E-state index contributed by atoms with van der Waals surface area (Å²) in [6, 6.07) is 20.1. The van der Waals surface area contributed by atoms with Gasteiger partial charge in [-0.15, -0.1) is 0 Å². The molecular weight excluding hydrogens is 452 g/mol. The molecule has 0 saturated carbocycles. The lowest BCUT2D eigenvalue weighted by Gasteiger charge is -2.35. The smallest absolute Gasteiger partial charge is 0.332 e. The summed E-state index contributed by atoms with van der Waals surface area (Å²) in [5.41, 5.74) is 5.40. The zero-order valence-corrected chi connectivity index (χ0v) is 20.4. The molecule has 7 heteroatoms. The highest BCUT2D eigenvalue weighted by Gasteiger charge is 2.59. The van der Waals surface area contributed by atoms with E-state index >= 15 is 0 Å². The standard InChI is InChI=1S/C29H26N4O3/c1-17-8-9-18(2)24(16-17)31-26(34)19-10-12-20(13-11-19)33-27(35)29(3)25-22(14-15-32(29)28(33)36)21-6-4-5-7-23(21)30-25/h4-13,16,30H,14-15H2,1-3H3,(H,31,34). The van der Waals surface area contributed by atoms with E-state index < -0.39 is 5.54 Å². The Balaban J connectivity index is 1.30. The van der Waals surface area contributed by atoms with Crippen LogP contribution < -0.4 is 10.2 Å². The van der Waals surface area contributed by atoms with Crippen LogP contribution >= 0.6 is 0 Å². The maximum Gasteiger partial charge on any atom is 0.332 e. The predicted octanol–water partition coefficient (Wildman–Crippen LogP) is 5.28. The number of aryl methyl sites for hydroxylation is 2. The van der Waals surface area contributed by atoms with Crippen molar-refractivity contribution in [2.24, 2.45) is 0 Å². The number of nitrogens with zero attached hydrogens (tertiary/aromatic N) is 2. The van der Waals surface area contributed by atoms with Crippen molar-refractivity contribution in [3.8, 4) is 0 Å². The van der Waals surface area contributed by atoms with Gasteiger partial charge in [0.05, 0.1) is 11.4 Å². The monoisotopic (exact) mass is 478 g/mol. The molecule has 7 nitrogen and oxygen atoms in total. The number of aromatic amines is 1. The maximum absolute atomic E-state index is 13.8. The summed E-state index contributed by atoms with van der Waals surface area (Å²) in [6.45, 7) is 6.19. The van der Waals surface area contributed by atoms with Crippen molar-refractivity contribution in [3.63, 3.8) is 0 Å². The number of fused-ring (bicyclic) bond motifs is 5. The van der Waals surface area contributed by atoms with Gasteiger partial charge in [-0.2, -0.15) is 0 Å². The molecule has 0 radical (unpaired) electrons. The molecule has 1 fully saturated rings. The molecule has 1 aromatic heterocycles. The molecule has 4 amide bonds. The number of aromatic nitrogens is 1. The fraction of sp³-hybridized carbons (Fsp3) is 0.207. The summed E-state index contributed by atoms with van der Waals surface area (Å²) in [4.78, 5) is 46.4. The van der Waals surface area contributed by atoms with Crippen LogP contribution in [0, 0.1) is 13.8 Å². The number of amides is 4. The lowest BCUT2D eigenvalue weighted by atomic mass is 9.87. The first kappa shape index (κ1) is 22.1. The van der Waals surface area contributed by atoms with Crippen LogP contribution in [0.2, 0.25) is 0 Å². The van der Waals surface area contributed by atoms with Gasteiger partial charge < -0.3 is 15.2 Å². The molecule has 0 bridgehead atoms. The summed E-state index contributed by atoms with van der Waals surface area (Å²) in [5.74, 6) is -0.547. The average Bonchev–Trinajstić information content (AvgIpc) is 3.35. The predicted molar refractivity (Wildman–Crippen MR) is 139 cm³/mol. The average molecular weight is 479 g/mol. The van der Waals surface area contributed by atoms with E-state index in [2.05, 4.69) is 10.3 Å². The molecule has 1 atom stereocenters. The van der Waals surface area contributed by atoms with Crippen molar-refractivity contribution in [3.05, 3.63) is 94.7 Å². The largest absolute Gasteiger partial charge is 0.356 e. The Kier molecular flexibility index (Phi) is 4.80. The first-order chi connectivity index (χ1) is 17.3. The number of anilines is 2. The lowest BCUT2D eigenvalue weighted by molar-refractivity contribution is -0.125. The third-order valence-corrected chi connectivity index (χ3v) is 7.50. The van der Waals surface area contributed by atoms with Gasteiger partial charge in [0.1, 0.15) is 0 Å². The molecule has 2 N–H and O–H groups in total. The molecule has 0 aliphatic carbocycles. The minimum Gasteiger partial charge on any atom is -0.356 e. The molecule has 36 heavy (non-hydrogen) atoms. The van der Waals surface area contributed by atoms with Crippen LogP contribution in [0.4, 0.5) is 16.2 Å². The van der Waals surface area contributed by atoms with Gasteiger partial charge >= 0.3 is 6.03 Å². The number of carbonyl (C=O) groups is 3. The van der Waals surface area contributed by atoms with Gasteiger partial charge in [0.2, 0.25) is 0 Å². The van der Waals surface area contributed by atoms with Gasteiger partial charge in [0.15, 0.2) is 5.54 Å². The Morgan fingerprint density at radius 3 is 2.53 bits per heavy atom. The van der Waals surface area contributed by atoms with E-state index in [1.807, 2.05) is 63.2 Å². The first-order valence-corrected chi connectivity index (χ1v) is 12.0. The molecule has 6 rings (SSSR count). The van der Waals surface area contributed by atoms with Gasteiger partial charge in [-0.05, 0) is 80.3 Å². The molecular formula is C29H26N4O3. The van der Waals surface area contributed by atoms with E-state index in [0.29, 0.717) is 24.2 Å². The molecule has 2 aliphatic rings. The van der Waals surface area contributed by atoms with Crippen LogP contribution in [0.1, 0.15) is 39.7 Å². The minimum absolute atomic E-state index is 0.249. The second kappa shape index (κ2) is 7.81. The molecule has 3 heterocycles. The summed E-state index contributed by atoms with van der Waals surface area (Å²) in [5, 5.41) is 4.03. The molecule has 3 aromatic carbocycles. The second-order valence-electron chi connectivity index (χ2n) is 9.74. The zero-order chi connectivity index (χ0) is 25.2. The van der Waals surface area contributed by atoms with Gasteiger partial charge in [0.25, 0.3) is 11.8 Å². The number of imide groups is 1. The van der Waals surface area contributed by atoms with Crippen molar-refractivity contribution in [1.29, 1.82) is 0 Å². The highest BCUT2D eigenvalue weighted by Crippen LogP contribution is 2.45. The molecule has 180 valence electrons. The van der Waals surface area contributed by atoms with E-state index in [4.69, 9.17) is 0 Å². The number of H-pyrrole nitrogens is 1. The Morgan fingerprint density at radius 1 is 1.00 bits per heavy atom. The summed E-state index contributed by atoms with van der Waals surface area (Å²) in [6.07, 6.45) is 0.680. The van der Waals surface area contributed by atoms with Crippen LogP contribution in [0.15, 0.2) is 66.7 Å². The number of nitrogens with one attached hydrogen (secondary N) is 2. The normalized spacial score (nSPS) is 19.0. The van der Waals surface area contributed by atoms with Gasteiger partial charge in [-0.3, -0.25) is 9.59 Å². The molecule has 1 saturated heterocycles. The quantitative estimate of drug-likeness (QED) is 0.393. The number of urea groups is 1. The van der Waals surface area contributed by atoms with E-state index in [1.54, 1.807) is 29.2 Å². The van der Waals surface area contributed by atoms with E-state index in [9.17, 15) is 14.4 Å². The summed E-state index contributed by atoms with van der Waals surface area (Å²) < 4.78 is 0. The topological polar surface area (TPSA) is 85.5 Å². The van der Waals surface area contributed by atoms with Gasteiger partial charge in [-0.25, -0.2) is 9.69 Å². The number of benzene rings is 3. The molecule has 4 aromatic rings. The highest BCUT2D eigenvalue weighted by atomic mass is 16.2. The van der Waals surface area contributed by atoms with Crippen LogP contribution in [-0.2, 0) is 16.8 Å². The fourth-order valence-electron chi connectivity index (χ4n) is 5.45. The van der Waals surface area contributed by atoms with Crippen LogP contribution in [0.3, 0.4) is 0 Å². The highest BCUT2D eigenvalue weighted by molar-refractivity contribution is 6.23. The Bertz CT molecular complexity index is 1570. The van der Waals surface area contributed by atoms with E-state index in [1.165, 1.54) is 4.90 Å². The third kappa shape index (κ3) is 3.09. The fourth-order valence-corrected chi connectivity index (χ4v) is 5.45.